The summed E-state index contributed by atoms with van der Waals surface area (Å²) in [5, 5.41) is 0. The third-order valence-corrected chi connectivity index (χ3v) is 3.58. The van der Waals surface area contributed by atoms with Crippen molar-refractivity contribution in [3.63, 3.8) is 0 Å². The molecule has 0 saturated carbocycles. The summed E-state index contributed by atoms with van der Waals surface area (Å²) in [6, 6.07) is 17.6. The average Bonchev–Trinajstić information content (AvgIpc) is 2.90. The Balaban J connectivity index is -0.000000383. The van der Waals surface area contributed by atoms with Gasteiger partial charge in [-0.15, -0.1) is 0 Å². The number of nitrogens with zero attached hydrogens (tertiary/aromatic N) is 3. The zero-order chi connectivity index (χ0) is 26.1. The molecule has 0 fully saturated rings. The second-order valence-corrected chi connectivity index (χ2v) is 6.19. The lowest BCUT2D eigenvalue weighted by Crippen LogP contribution is -2.35. The Labute approximate surface area is 203 Å². The third-order valence-electron chi connectivity index (χ3n) is 3.58. The van der Waals surface area contributed by atoms with Crippen LogP contribution in [0.25, 0.3) is 11.4 Å². The van der Waals surface area contributed by atoms with Gasteiger partial charge in [0.05, 0.1) is 17.1 Å². The minimum absolute atomic E-state index is 0.0474. The molecule has 6 nitrogen and oxygen atoms in total. The summed E-state index contributed by atoms with van der Waals surface area (Å²) in [5.74, 6) is 0. The van der Waals surface area contributed by atoms with Crippen molar-refractivity contribution < 1.29 is 0 Å². The first-order valence-corrected chi connectivity index (χ1v) is 11.9. The summed E-state index contributed by atoms with van der Waals surface area (Å²) in [6.07, 6.45) is 5.28. The summed E-state index contributed by atoms with van der Waals surface area (Å²) in [5.41, 5.74) is 18.9. The van der Waals surface area contributed by atoms with Gasteiger partial charge in [-0.3, -0.25) is 15.0 Å². The Morgan fingerprint density at radius 1 is 0.515 bits per heavy atom. The highest BCUT2D eigenvalue weighted by Crippen LogP contribution is 2.10. The third kappa shape index (κ3) is 19.7. The van der Waals surface area contributed by atoms with Crippen molar-refractivity contribution >= 4 is 0 Å². The van der Waals surface area contributed by atoms with Crippen LogP contribution in [-0.2, 0) is 0 Å². The standard InChI is InChI=1S/C10H8N2.C7H10N2.C4H12N2.3C2H6/c1-3-7-11-9(5-1)10-6-2-4-8-12-10;1-6(8)7-4-2-3-5-9-7;1-3(5)4(2)6;3*1-2/h1-8H;2-6H,8H2,1H3;3-4H,5-6H2,1-2H3;3*1-2H3. The second-order valence-electron chi connectivity index (χ2n) is 6.19. The molecule has 3 heterocycles. The second kappa shape index (κ2) is 25.6. The first-order valence-electron chi connectivity index (χ1n) is 11.9. The van der Waals surface area contributed by atoms with E-state index in [0.717, 1.165) is 17.1 Å². The van der Waals surface area contributed by atoms with Crippen LogP contribution in [0, 0.1) is 0 Å². The van der Waals surface area contributed by atoms with Crippen LogP contribution in [0.1, 0.15) is 74.0 Å². The van der Waals surface area contributed by atoms with E-state index in [-0.39, 0.29) is 18.1 Å². The summed E-state index contributed by atoms with van der Waals surface area (Å²) < 4.78 is 0. The molecule has 3 rings (SSSR count). The van der Waals surface area contributed by atoms with Gasteiger partial charge in [0, 0.05) is 36.7 Å². The summed E-state index contributed by atoms with van der Waals surface area (Å²) >= 11 is 0. The van der Waals surface area contributed by atoms with Gasteiger partial charge in [0.25, 0.3) is 0 Å². The predicted octanol–water partition coefficient (Wildman–Crippen LogP) is 6.00. The van der Waals surface area contributed by atoms with Crippen LogP contribution in [0.5, 0.6) is 0 Å². The first-order chi connectivity index (χ1) is 15.9. The molecule has 0 spiro atoms. The number of aromatic nitrogens is 3. The van der Waals surface area contributed by atoms with Crippen molar-refractivity contribution in [2.24, 2.45) is 17.2 Å². The Bertz CT molecular complexity index is 674. The van der Waals surface area contributed by atoms with E-state index in [1.807, 2.05) is 117 Å². The van der Waals surface area contributed by atoms with Crippen LogP contribution in [0.3, 0.4) is 0 Å². The molecule has 3 aromatic rings. The molecule has 0 radical (unpaired) electrons. The fourth-order valence-corrected chi connectivity index (χ4v) is 1.67. The van der Waals surface area contributed by atoms with E-state index >= 15 is 0 Å². The maximum Gasteiger partial charge on any atom is 0.0886 e. The highest BCUT2D eigenvalue weighted by molar-refractivity contribution is 5.52. The number of hydrogen-bond donors (Lipinski definition) is 3. The zero-order valence-corrected chi connectivity index (χ0v) is 22.2. The largest absolute Gasteiger partial charge is 0.327 e. The van der Waals surface area contributed by atoms with Crippen LogP contribution in [-0.4, -0.2) is 27.0 Å². The molecule has 6 N–H and O–H groups in total. The van der Waals surface area contributed by atoms with E-state index in [1.165, 1.54) is 0 Å². The summed E-state index contributed by atoms with van der Waals surface area (Å²) in [6.45, 7) is 17.7. The summed E-state index contributed by atoms with van der Waals surface area (Å²) in [7, 11) is 0. The highest BCUT2D eigenvalue weighted by atomic mass is 14.8. The van der Waals surface area contributed by atoms with Crippen molar-refractivity contribution in [3.8, 4) is 11.4 Å². The smallest absolute Gasteiger partial charge is 0.0886 e. The molecule has 3 aromatic heterocycles. The van der Waals surface area contributed by atoms with E-state index < -0.39 is 0 Å². The van der Waals surface area contributed by atoms with E-state index in [0.29, 0.717) is 0 Å². The van der Waals surface area contributed by atoms with Crippen molar-refractivity contribution in [3.05, 3.63) is 78.9 Å². The minimum atomic E-state index is 0.0474. The molecule has 0 aliphatic carbocycles. The maximum atomic E-state index is 5.55. The van der Waals surface area contributed by atoms with Crippen molar-refractivity contribution in [1.29, 1.82) is 0 Å². The number of hydrogen-bond acceptors (Lipinski definition) is 6. The molecule has 0 amide bonds. The first kappa shape index (κ1) is 34.9. The van der Waals surface area contributed by atoms with Crippen LogP contribution < -0.4 is 17.2 Å². The lowest BCUT2D eigenvalue weighted by molar-refractivity contribution is 0.603. The molecular weight excluding hydrogens is 408 g/mol. The van der Waals surface area contributed by atoms with Crippen LogP contribution in [0.15, 0.2) is 73.2 Å². The monoisotopic (exact) mass is 456 g/mol. The van der Waals surface area contributed by atoms with E-state index in [2.05, 4.69) is 15.0 Å². The van der Waals surface area contributed by atoms with E-state index in [4.69, 9.17) is 17.2 Å². The number of pyridine rings is 3. The van der Waals surface area contributed by atoms with Crippen molar-refractivity contribution in [2.45, 2.75) is 80.4 Å². The van der Waals surface area contributed by atoms with Gasteiger partial charge in [-0.2, -0.15) is 0 Å². The molecule has 0 aliphatic heterocycles. The summed E-state index contributed by atoms with van der Waals surface area (Å²) in [4.78, 5) is 12.4. The van der Waals surface area contributed by atoms with Gasteiger partial charge in [0.15, 0.2) is 0 Å². The number of rotatable bonds is 3. The average molecular weight is 457 g/mol. The van der Waals surface area contributed by atoms with E-state index in [9.17, 15) is 0 Å². The molecule has 3 unspecified atom stereocenters. The molecule has 186 valence electrons. The van der Waals surface area contributed by atoms with Gasteiger partial charge in [-0.25, -0.2) is 0 Å². The molecule has 0 aliphatic rings. The quantitative estimate of drug-likeness (QED) is 0.444. The Morgan fingerprint density at radius 3 is 1.03 bits per heavy atom. The molecule has 6 heteroatoms. The van der Waals surface area contributed by atoms with Gasteiger partial charge in [-0.05, 0) is 57.2 Å². The Morgan fingerprint density at radius 2 is 0.848 bits per heavy atom. The Kier molecular flexibility index (Phi) is 27.1. The molecule has 3 atom stereocenters. The van der Waals surface area contributed by atoms with E-state index in [1.54, 1.807) is 18.6 Å². The van der Waals surface area contributed by atoms with Crippen LogP contribution in [0.2, 0.25) is 0 Å². The van der Waals surface area contributed by atoms with Crippen molar-refractivity contribution in [1.82, 2.24) is 15.0 Å². The van der Waals surface area contributed by atoms with Crippen LogP contribution in [0.4, 0.5) is 0 Å². The SMILES string of the molecule is CC.CC.CC.CC(N)C(C)N.CC(N)c1ccccn1.c1ccc(-c2ccccn2)nc1. The molecule has 0 aromatic carbocycles. The normalized spacial score (nSPS) is 11.3. The predicted molar refractivity (Wildman–Crippen MR) is 146 cm³/mol. The molecule has 33 heavy (non-hydrogen) atoms. The lowest BCUT2D eigenvalue weighted by atomic mass is 10.2. The van der Waals surface area contributed by atoms with Gasteiger partial charge in [0.2, 0.25) is 0 Å². The van der Waals surface area contributed by atoms with Gasteiger partial charge in [0.1, 0.15) is 0 Å². The van der Waals surface area contributed by atoms with Crippen LogP contribution >= 0.6 is 0 Å². The minimum Gasteiger partial charge on any atom is -0.327 e. The Hall–Kier alpha value is -2.67. The zero-order valence-electron chi connectivity index (χ0n) is 22.2. The molecule has 0 bridgehead atoms. The highest BCUT2D eigenvalue weighted by Gasteiger charge is 1.97. The van der Waals surface area contributed by atoms with Crippen molar-refractivity contribution in [2.75, 3.05) is 0 Å². The number of nitrogens with two attached hydrogens (primary N) is 3. The maximum absolute atomic E-state index is 5.55. The fraction of sp³-hybridized carbons (Fsp3) is 0.444. The van der Waals surface area contributed by atoms with Gasteiger partial charge < -0.3 is 17.2 Å². The van der Waals surface area contributed by atoms with Gasteiger partial charge in [-0.1, -0.05) is 59.7 Å². The molecular formula is C27H48N6. The fourth-order valence-electron chi connectivity index (χ4n) is 1.67. The molecule has 0 saturated heterocycles. The topological polar surface area (TPSA) is 117 Å². The van der Waals surface area contributed by atoms with Gasteiger partial charge >= 0.3 is 0 Å². The lowest BCUT2D eigenvalue weighted by Gasteiger charge is -2.06.